The van der Waals surface area contributed by atoms with Gasteiger partial charge in [-0.25, -0.2) is 23.1 Å². The van der Waals surface area contributed by atoms with Crippen molar-refractivity contribution in [2.45, 2.75) is 24.3 Å². The molecule has 0 spiro atoms. The molecule has 0 amide bonds. The number of nitrogens with one attached hydrogen (secondary N) is 1. The van der Waals surface area contributed by atoms with Crippen molar-refractivity contribution in [3.8, 4) is 0 Å². The van der Waals surface area contributed by atoms with E-state index in [4.69, 9.17) is 23.2 Å². The number of benzene rings is 1. The van der Waals surface area contributed by atoms with Crippen molar-refractivity contribution in [1.29, 1.82) is 0 Å². The van der Waals surface area contributed by atoms with E-state index in [0.29, 0.717) is 11.4 Å². The molecule has 0 aliphatic rings. The quantitative estimate of drug-likeness (QED) is 0.845. The Kier molecular flexibility index (Phi) is 5.16. The smallest absolute Gasteiger partial charge is 0.225 e. The maximum absolute atomic E-state index is 12.1. The van der Waals surface area contributed by atoms with Gasteiger partial charge in [-0.2, -0.15) is 0 Å². The molecule has 112 valence electrons. The highest BCUT2D eigenvalue weighted by Crippen LogP contribution is 2.13. The van der Waals surface area contributed by atoms with Gasteiger partial charge in [0.25, 0.3) is 0 Å². The molecule has 1 aromatic heterocycles. The number of hydrogen-bond acceptors (Lipinski definition) is 4. The summed E-state index contributed by atoms with van der Waals surface area (Å²) in [6.07, 6.45) is 2.89. The van der Waals surface area contributed by atoms with Gasteiger partial charge in [0.2, 0.25) is 15.3 Å². The van der Waals surface area contributed by atoms with Crippen LogP contribution in [0.15, 0.2) is 41.6 Å². The summed E-state index contributed by atoms with van der Waals surface area (Å²) in [4.78, 5) is 7.32. The van der Waals surface area contributed by atoms with Crippen LogP contribution >= 0.6 is 23.2 Å². The van der Waals surface area contributed by atoms with Crippen LogP contribution in [0.25, 0.3) is 0 Å². The molecule has 1 aromatic carbocycles. The minimum Gasteiger partial charge on any atom is -0.225 e. The van der Waals surface area contributed by atoms with Gasteiger partial charge in [-0.05, 0) is 42.6 Å². The molecule has 0 radical (unpaired) electrons. The number of halogens is 2. The number of nitrogens with zero attached hydrogens (tertiary/aromatic N) is 2. The largest absolute Gasteiger partial charge is 0.243 e. The number of sulfonamides is 1. The Morgan fingerprint density at radius 3 is 2.29 bits per heavy atom. The molecular formula is C13H13Cl2N3O2S. The molecule has 0 saturated heterocycles. The lowest BCUT2D eigenvalue weighted by atomic mass is 10.1. The average molecular weight is 346 g/mol. The van der Waals surface area contributed by atoms with Gasteiger partial charge in [-0.3, -0.25) is 0 Å². The lowest BCUT2D eigenvalue weighted by molar-refractivity contribution is 0.559. The molecule has 2 rings (SSSR count). The van der Waals surface area contributed by atoms with Gasteiger partial charge < -0.3 is 0 Å². The highest BCUT2D eigenvalue weighted by molar-refractivity contribution is 7.89. The molecule has 1 N–H and O–H groups in total. The zero-order valence-corrected chi connectivity index (χ0v) is 13.5. The Morgan fingerprint density at radius 2 is 1.71 bits per heavy atom. The molecule has 8 heteroatoms. The summed E-state index contributed by atoms with van der Waals surface area (Å²) in [6, 6.07) is 6.97. The van der Waals surface area contributed by atoms with Crippen LogP contribution in [0.1, 0.15) is 12.5 Å². The van der Waals surface area contributed by atoms with E-state index in [9.17, 15) is 8.42 Å². The Balaban J connectivity index is 2.05. The second-order valence-electron chi connectivity index (χ2n) is 4.54. The predicted octanol–water partition coefficient (Wildman–Crippen LogP) is 2.69. The Hall–Kier alpha value is -1.21. The van der Waals surface area contributed by atoms with Crippen LogP contribution in [0.3, 0.4) is 0 Å². The van der Waals surface area contributed by atoms with Gasteiger partial charge in [-0.1, -0.05) is 23.7 Å². The Bertz CT molecular complexity index is 703. The van der Waals surface area contributed by atoms with Crippen molar-refractivity contribution in [1.82, 2.24) is 14.7 Å². The number of aromatic nitrogens is 2. The van der Waals surface area contributed by atoms with Gasteiger partial charge >= 0.3 is 0 Å². The second kappa shape index (κ2) is 6.70. The summed E-state index contributed by atoms with van der Waals surface area (Å²) in [7, 11) is -3.66. The van der Waals surface area contributed by atoms with Gasteiger partial charge in [0.05, 0.1) is 12.4 Å². The molecule has 2 aromatic rings. The fourth-order valence-electron chi connectivity index (χ4n) is 1.79. The molecule has 0 saturated carbocycles. The van der Waals surface area contributed by atoms with E-state index in [1.54, 1.807) is 19.1 Å². The van der Waals surface area contributed by atoms with E-state index in [2.05, 4.69) is 14.7 Å². The van der Waals surface area contributed by atoms with E-state index in [-0.39, 0.29) is 16.2 Å². The summed E-state index contributed by atoms with van der Waals surface area (Å²) in [5, 5.41) is 0.647. The number of hydrogen-bond donors (Lipinski definition) is 1. The summed E-state index contributed by atoms with van der Waals surface area (Å²) < 4.78 is 26.9. The molecule has 0 aliphatic carbocycles. The monoisotopic (exact) mass is 345 g/mol. The summed E-state index contributed by atoms with van der Waals surface area (Å²) >= 11 is 11.4. The first-order valence-electron chi connectivity index (χ1n) is 6.11. The fraction of sp³-hybridized carbons (Fsp3) is 0.231. The van der Waals surface area contributed by atoms with Crippen LogP contribution in [0.2, 0.25) is 10.3 Å². The lowest BCUT2D eigenvalue weighted by Crippen LogP contribution is -2.34. The topological polar surface area (TPSA) is 72.0 Å². The molecular weight excluding hydrogens is 333 g/mol. The molecule has 0 aliphatic heterocycles. The first-order valence-corrected chi connectivity index (χ1v) is 8.35. The summed E-state index contributed by atoms with van der Waals surface area (Å²) in [6.45, 7) is 1.78. The second-order valence-corrected chi connectivity index (χ2v) is 7.03. The van der Waals surface area contributed by atoms with E-state index in [0.717, 1.165) is 5.56 Å². The maximum Gasteiger partial charge on any atom is 0.243 e. The van der Waals surface area contributed by atoms with Crippen molar-refractivity contribution in [2.24, 2.45) is 0 Å². The van der Waals surface area contributed by atoms with E-state index in [1.165, 1.54) is 12.4 Å². The van der Waals surface area contributed by atoms with Gasteiger partial charge in [0, 0.05) is 11.1 Å². The van der Waals surface area contributed by atoms with Crippen LogP contribution in [-0.2, 0) is 16.4 Å². The highest BCUT2D eigenvalue weighted by atomic mass is 35.5. The molecule has 0 fully saturated rings. The van der Waals surface area contributed by atoms with Crippen molar-refractivity contribution < 1.29 is 8.42 Å². The fourth-order valence-corrected chi connectivity index (χ4v) is 3.14. The zero-order valence-electron chi connectivity index (χ0n) is 11.1. The summed E-state index contributed by atoms with van der Waals surface area (Å²) in [5.74, 6) is 0. The van der Waals surface area contributed by atoms with Crippen LogP contribution in [0, 0.1) is 0 Å². The lowest BCUT2D eigenvalue weighted by Gasteiger charge is -2.14. The van der Waals surface area contributed by atoms with Crippen LogP contribution in [0.5, 0.6) is 0 Å². The van der Waals surface area contributed by atoms with Crippen LogP contribution < -0.4 is 4.72 Å². The molecule has 21 heavy (non-hydrogen) atoms. The average Bonchev–Trinajstić information content (AvgIpc) is 2.41. The molecule has 1 unspecified atom stereocenters. The SMILES string of the molecule is CC(Cc1ccc(Cl)cc1)NS(=O)(=O)c1cnc(Cl)nc1. The number of rotatable bonds is 5. The van der Waals surface area contributed by atoms with Crippen LogP contribution in [0.4, 0.5) is 0 Å². The van der Waals surface area contributed by atoms with E-state index >= 15 is 0 Å². The minimum atomic E-state index is -3.66. The van der Waals surface area contributed by atoms with Crippen molar-refractivity contribution in [3.63, 3.8) is 0 Å². The van der Waals surface area contributed by atoms with Gasteiger partial charge in [0.1, 0.15) is 4.90 Å². The van der Waals surface area contributed by atoms with E-state index < -0.39 is 10.0 Å². The zero-order chi connectivity index (χ0) is 15.5. The Labute approximate surface area is 133 Å². The summed E-state index contributed by atoms with van der Waals surface area (Å²) in [5.41, 5.74) is 0.988. The van der Waals surface area contributed by atoms with Crippen molar-refractivity contribution >= 4 is 33.2 Å². The van der Waals surface area contributed by atoms with Crippen LogP contribution in [-0.4, -0.2) is 24.4 Å². The highest BCUT2D eigenvalue weighted by Gasteiger charge is 2.18. The van der Waals surface area contributed by atoms with Crippen molar-refractivity contribution in [2.75, 3.05) is 0 Å². The van der Waals surface area contributed by atoms with Gasteiger partial charge in [-0.15, -0.1) is 0 Å². The first-order chi connectivity index (χ1) is 9.87. The predicted molar refractivity (Wildman–Crippen MR) is 82.0 cm³/mol. The molecule has 0 bridgehead atoms. The molecule has 1 heterocycles. The Morgan fingerprint density at radius 1 is 1.14 bits per heavy atom. The maximum atomic E-state index is 12.1. The third kappa shape index (κ3) is 4.64. The molecule has 1 atom stereocenters. The first kappa shape index (κ1) is 16.2. The standard InChI is InChI=1S/C13H13Cl2N3O2S/c1-9(6-10-2-4-11(14)5-3-10)18-21(19,20)12-7-16-13(15)17-8-12/h2-5,7-9,18H,6H2,1H3. The minimum absolute atomic E-state index is 0.00293. The third-order valence-corrected chi connectivity index (χ3v) is 4.71. The molecule has 5 nitrogen and oxygen atoms in total. The normalized spacial score (nSPS) is 13.1. The van der Waals surface area contributed by atoms with Gasteiger partial charge in [0.15, 0.2) is 0 Å². The third-order valence-electron chi connectivity index (χ3n) is 2.72. The van der Waals surface area contributed by atoms with E-state index in [1.807, 2.05) is 12.1 Å². The van der Waals surface area contributed by atoms with Crippen molar-refractivity contribution in [3.05, 3.63) is 52.5 Å².